The van der Waals surface area contributed by atoms with Gasteiger partial charge in [0.1, 0.15) is 0 Å². The van der Waals surface area contributed by atoms with E-state index in [2.05, 4.69) is 15.9 Å². The van der Waals surface area contributed by atoms with E-state index in [1.807, 2.05) is 12.1 Å². The largest absolute Gasteiger partial charge is 0.503 e. The van der Waals surface area contributed by atoms with Crippen LogP contribution in [0.3, 0.4) is 0 Å². The SMILES string of the molecule is COc1c(C2(CN)CCCC2)ccc(Br)c1O. The smallest absolute Gasteiger partial charge is 0.172 e. The molecule has 0 aromatic heterocycles. The highest BCUT2D eigenvalue weighted by Crippen LogP contribution is 2.48. The Hall–Kier alpha value is -0.740. The predicted molar refractivity (Wildman–Crippen MR) is 71.6 cm³/mol. The first-order valence-corrected chi connectivity index (χ1v) is 6.70. The third-order valence-corrected chi connectivity index (χ3v) is 4.45. The van der Waals surface area contributed by atoms with E-state index in [1.54, 1.807) is 7.11 Å². The Labute approximate surface area is 110 Å². The Morgan fingerprint density at radius 2 is 2.06 bits per heavy atom. The predicted octanol–water partition coefficient (Wildman–Crippen LogP) is 2.93. The van der Waals surface area contributed by atoms with Gasteiger partial charge in [-0.2, -0.15) is 0 Å². The molecular weight excluding hydrogens is 282 g/mol. The van der Waals surface area contributed by atoms with E-state index in [9.17, 15) is 5.11 Å². The quantitative estimate of drug-likeness (QED) is 0.902. The number of aromatic hydroxyl groups is 1. The second-order valence-electron chi connectivity index (χ2n) is 4.67. The topological polar surface area (TPSA) is 55.5 Å². The van der Waals surface area contributed by atoms with E-state index >= 15 is 0 Å². The van der Waals surface area contributed by atoms with Crippen LogP contribution in [0, 0.1) is 0 Å². The van der Waals surface area contributed by atoms with Crippen molar-refractivity contribution in [1.29, 1.82) is 0 Å². The summed E-state index contributed by atoms with van der Waals surface area (Å²) >= 11 is 3.31. The molecule has 0 amide bonds. The Kier molecular flexibility index (Phi) is 3.64. The molecule has 0 spiro atoms. The molecule has 17 heavy (non-hydrogen) atoms. The van der Waals surface area contributed by atoms with Gasteiger partial charge >= 0.3 is 0 Å². The number of ether oxygens (including phenoxy) is 1. The normalized spacial score (nSPS) is 18.3. The first kappa shape index (κ1) is 12.7. The van der Waals surface area contributed by atoms with Crippen LogP contribution in [0.25, 0.3) is 0 Å². The first-order valence-electron chi connectivity index (χ1n) is 5.90. The Morgan fingerprint density at radius 1 is 1.41 bits per heavy atom. The molecule has 0 atom stereocenters. The number of nitrogens with two attached hydrogens (primary N) is 1. The summed E-state index contributed by atoms with van der Waals surface area (Å²) in [5.41, 5.74) is 6.98. The van der Waals surface area contributed by atoms with E-state index in [0.29, 0.717) is 16.8 Å². The van der Waals surface area contributed by atoms with Crippen LogP contribution in [0.2, 0.25) is 0 Å². The second-order valence-corrected chi connectivity index (χ2v) is 5.52. The van der Waals surface area contributed by atoms with E-state index in [-0.39, 0.29) is 11.2 Å². The Balaban J connectivity index is 2.54. The molecule has 0 bridgehead atoms. The minimum atomic E-state index is -0.0243. The molecule has 2 rings (SSSR count). The molecule has 1 aromatic rings. The minimum Gasteiger partial charge on any atom is -0.503 e. The number of halogens is 1. The fourth-order valence-electron chi connectivity index (χ4n) is 2.81. The zero-order chi connectivity index (χ0) is 12.5. The zero-order valence-corrected chi connectivity index (χ0v) is 11.6. The number of hydrogen-bond donors (Lipinski definition) is 2. The van der Waals surface area contributed by atoms with Crippen molar-refractivity contribution in [2.45, 2.75) is 31.1 Å². The highest BCUT2D eigenvalue weighted by molar-refractivity contribution is 9.10. The molecule has 0 radical (unpaired) electrons. The van der Waals surface area contributed by atoms with E-state index < -0.39 is 0 Å². The zero-order valence-electron chi connectivity index (χ0n) is 10.0. The minimum absolute atomic E-state index is 0.0243. The highest BCUT2D eigenvalue weighted by atomic mass is 79.9. The number of hydrogen-bond acceptors (Lipinski definition) is 3. The summed E-state index contributed by atoms with van der Waals surface area (Å²) in [6.45, 7) is 0.602. The van der Waals surface area contributed by atoms with Gasteiger partial charge in [0.25, 0.3) is 0 Å². The lowest BCUT2D eigenvalue weighted by atomic mass is 9.78. The lowest BCUT2D eigenvalue weighted by Gasteiger charge is -2.30. The van der Waals surface area contributed by atoms with Gasteiger partial charge < -0.3 is 15.6 Å². The van der Waals surface area contributed by atoms with Gasteiger partial charge in [-0.05, 0) is 34.8 Å². The van der Waals surface area contributed by atoms with Crippen molar-refractivity contribution in [1.82, 2.24) is 0 Å². The summed E-state index contributed by atoms with van der Waals surface area (Å²) in [5.74, 6) is 0.733. The lowest BCUT2D eigenvalue weighted by molar-refractivity contribution is 0.347. The second kappa shape index (κ2) is 4.86. The maximum absolute atomic E-state index is 10.0. The molecule has 0 saturated heterocycles. The summed E-state index contributed by atoms with van der Waals surface area (Å²) in [4.78, 5) is 0. The van der Waals surface area contributed by atoms with Crippen LogP contribution in [0.15, 0.2) is 16.6 Å². The summed E-state index contributed by atoms with van der Waals surface area (Å²) in [5, 5.41) is 10.0. The standard InChI is InChI=1S/C13H18BrNO2/c1-17-12-9(4-5-10(14)11(12)16)13(8-15)6-2-3-7-13/h4-5,16H,2-3,6-8,15H2,1H3. The van der Waals surface area contributed by atoms with Gasteiger partial charge in [0.2, 0.25) is 0 Å². The van der Waals surface area contributed by atoms with Gasteiger partial charge in [0, 0.05) is 17.5 Å². The fourth-order valence-corrected chi connectivity index (χ4v) is 3.12. The van der Waals surface area contributed by atoms with Crippen LogP contribution < -0.4 is 10.5 Å². The van der Waals surface area contributed by atoms with Gasteiger partial charge in [-0.3, -0.25) is 0 Å². The van der Waals surface area contributed by atoms with E-state index in [4.69, 9.17) is 10.5 Å². The molecule has 1 fully saturated rings. The summed E-state index contributed by atoms with van der Waals surface area (Å²) in [7, 11) is 1.59. The molecule has 0 unspecified atom stereocenters. The average Bonchev–Trinajstić information content (AvgIpc) is 2.82. The van der Waals surface area contributed by atoms with Gasteiger partial charge in [0.15, 0.2) is 11.5 Å². The third kappa shape index (κ3) is 2.04. The summed E-state index contributed by atoms with van der Waals surface area (Å²) in [6.07, 6.45) is 4.52. The number of phenolic OH excluding ortho intramolecular Hbond substituents is 1. The maximum atomic E-state index is 10.0. The fraction of sp³-hybridized carbons (Fsp3) is 0.538. The molecule has 1 aromatic carbocycles. The summed E-state index contributed by atoms with van der Waals surface area (Å²) in [6, 6.07) is 3.88. The van der Waals surface area contributed by atoms with Crippen molar-refractivity contribution >= 4 is 15.9 Å². The van der Waals surface area contributed by atoms with Crippen molar-refractivity contribution in [3.05, 3.63) is 22.2 Å². The lowest BCUT2D eigenvalue weighted by Crippen LogP contribution is -2.32. The van der Waals surface area contributed by atoms with Crippen molar-refractivity contribution in [3.8, 4) is 11.5 Å². The van der Waals surface area contributed by atoms with Gasteiger partial charge in [-0.25, -0.2) is 0 Å². The molecular formula is C13H18BrNO2. The Bertz CT molecular complexity index is 414. The third-order valence-electron chi connectivity index (χ3n) is 3.81. The molecule has 1 aliphatic carbocycles. The van der Waals surface area contributed by atoms with Crippen LogP contribution in [0.1, 0.15) is 31.2 Å². The molecule has 3 N–H and O–H groups in total. The monoisotopic (exact) mass is 299 g/mol. The molecule has 1 saturated carbocycles. The van der Waals surface area contributed by atoms with Gasteiger partial charge in [0.05, 0.1) is 11.6 Å². The number of methoxy groups -OCH3 is 1. The van der Waals surface area contributed by atoms with Crippen LogP contribution in [-0.4, -0.2) is 18.8 Å². The van der Waals surface area contributed by atoms with Crippen molar-refractivity contribution in [3.63, 3.8) is 0 Å². The Morgan fingerprint density at radius 3 is 2.59 bits per heavy atom. The maximum Gasteiger partial charge on any atom is 0.172 e. The van der Waals surface area contributed by atoms with Crippen LogP contribution >= 0.6 is 15.9 Å². The summed E-state index contributed by atoms with van der Waals surface area (Å²) < 4.78 is 6.02. The number of phenols is 1. The molecule has 1 aliphatic rings. The van der Waals surface area contributed by atoms with Crippen molar-refractivity contribution in [2.24, 2.45) is 5.73 Å². The first-order chi connectivity index (χ1) is 8.14. The van der Waals surface area contributed by atoms with Gasteiger partial charge in [-0.15, -0.1) is 0 Å². The molecule has 0 aliphatic heterocycles. The number of rotatable bonds is 3. The molecule has 4 heteroatoms. The number of benzene rings is 1. The van der Waals surface area contributed by atoms with Crippen LogP contribution in [0.5, 0.6) is 11.5 Å². The van der Waals surface area contributed by atoms with Crippen LogP contribution in [-0.2, 0) is 5.41 Å². The van der Waals surface area contributed by atoms with E-state index in [0.717, 1.165) is 18.4 Å². The van der Waals surface area contributed by atoms with Gasteiger partial charge in [-0.1, -0.05) is 18.9 Å². The van der Waals surface area contributed by atoms with E-state index in [1.165, 1.54) is 12.8 Å². The van der Waals surface area contributed by atoms with Crippen molar-refractivity contribution in [2.75, 3.05) is 13.7 Å². The molecule has 94 valence electrons. The molecule has 0 heterocycles. The molecule has 3 nitrogen and oxygen atoms in total. The van der Waals surface area contributed by atoms with Crippen LogP contribution in [0.4, 0.5) is 0 Å². The van der Waals surface area contributed by atoms with Crippen molar-refractivity contribution < 1.29 is 9.84 Å². The highest BCUT2D eigenvalue weighted by Gasteiger charge is 2.37. The average molecular weight is 300 g/mol.